The van der Waals surface area contributed by atoms with E-state index in [-0.39, 0.29) is 12.3 Å². The summed E-state index contributed by atoms with van der Waals surface area (Å²) in [6.45, 7) is 0.681. The Balaban J connectivity index is 2.05. The van der Waals surface area contributed by atoms with Crippen LogP contribution in [0.5, 0.6) is 0 Å². The molecule has 0 radical (unpaired) electrons. The molecule has 0 aliphatic heterocycles. The molecule has 0 aromatic carbocycles. The van der Waals surface area contributed by atoms with Crippen LogP contribution in [-0.4, -0.2) is 25.5 Å². The molecule has 1 fully saturated rings. The van der Waals surface area contributed by atoms with Gasteiger partial charge in [0.1, 0.15) is 6.42 Å². The number of carbonyl (C=O) groups excluding carboxylic acids is 2. The van der Waals surface area contributed by atoms with Gasteiger partial charge in [0.2, 0.25) is 5.91 Å². The molecule has 0 aromatic heterocycles. The van der Waals surface area contributed by atoms with Crippen molar-refractivity contribution in [1.82, 2.24) is 5.32 Å². The average Bonchev–Trinajstić information content (AvgIpc) is 2.30. The normalized spacial score (nSPS) is 16.8. The molecule has 0 unspecified atom stereocenters. The second-order valence-electron chi connectivity index (χ2n) is 4.40. The highest BCUT2D eigenvalue weighted by Gasteiger charge is 2.14. The lowest BCUT2D eigenvalue weighted by atomic mass is 9.87. The lowest BCUT2D eigenvalue weighted by molar-refractivity contribution is -0.143. The molecule has 1 aliphatic rings. The monoisotopic (exact) mass is 227 g/mol. The number of hydrogen-bond donors (Lipinski definition) is 1. The Labute approximate surface area is 96.7 Å². The third-order valence-electron chi connectivity index (χ3n) is 3.13. The number of ether oxygens (including phenoxy) is 1. The summed E-state index contributed by atoms with van der Waals surface area (Å²) in [5.74, 6) is 0.0463. The van der Waals surface area contributed by atoms with Gasteiger partial charge in [0.25, 0.3) is 0 Å². The molecule has 92 valence electrons. The second kappa shape index (κ2) is 7.25. The van der Waals surface area contributed by atoms with E-state index in [9.17, 15) is 9.59 Å². The van der Waals surface area contributed by atoms with Crippen molar-refractivity contribution in [3.05, 3.63) is 0 Å². The summed E-state index contributed by atoms with van der Waals surface area (Å²) in [5, 5.41) is 2.76. The van der Waals surface area contributed by atoms with Gasteiger partial charge in [-0.3, -0.25) is 9.59 Å². The van der Waals surface area contributed by atoms with Crippen LogP contribution in [0.15, 0.2) is 0 Å². The van der Waals surface area contributed by atoms with Crippen LogP contribution in [0, 0.1) is 5.92 Å². The minimum atomic E-state index is -0.477. The van der Waals surface area contributed by atoms with Gasteiger partial charge in [-0.2, -0.15) is 0 Å². The fourth-order valence-corrected chi connectivity index (χ4v) is 2.16. The van der Waals surface area contributed by atoms with E-state index >= 15 is 0 Å². The van der Waals surface area contributed by atoms with Crippen LogP contribution < -0.4 is 5.32 Å². The first-order chi connectivity index (χ1) is 7.72. The lowest BCUT2D eigenvalue weighted by Gasteiger charge is -2.21. The molecule has 0 heterocycles. The number of methoxy groups -OCH3 is 1. The molecule has 0 bridgehead atoms. The number of nitrogens with one attached hydrogen (secondary N) is 1. The molecule has 1 amide bonds. The molecule has 1 rings (SSSR count). The van der Waals surface area contributed by atoms with Gasteiger partial charge in [0, 0.05) is 6.54 Å². The average molecular weight is 227 g/mol. The van der Waals surface area contributed by atoms with Crippen molar-refractivity contribution >= 4 is 11.9 Å². The van der Waals surface area contributed by atoms with E-state index in [4.69, 9.17) is 0 Å². The van der Waals surface area contributed by atoms with E-state index in [1.807, 2.05) is 0 Å². The largest absolute Gasteiger partial charge is 0.469 e. The number of hydrogen-bond acceptors (Lipinski definition) is 3. The van der Waals surface area contributed by atoms with Gasteiger partial charge < -0.3 is 10.1 Å². The van der Waals surface area contributed by atoms with Crippen LogP contribution in [0.3, 0.4) is 0 Å². The van der Waals surface area contributed by atoms with Gasteiger partial charge in [-0.05, 0) is 12.3 Å². The molecule has 0 spiro atoms. The van der Waals surface area contributed by atoms with Crippen molar-refractivity contribution in [3.8, 4) is 0 Å². The van der Waals surface area contributed by atoms with E-state index in [2.05, 4.69) is 10.1 Å². The third-order valence-corrected chi connectivity index (χ3v) is 3.13. The maximum absolute atomic E-state index is 11.2. The Morgan fingerprint density at radius 3 is 2.56 bits per heavy atom. The fraction of sp³-hybridized carbons (Fsp3) is 0.833. The van der Waals surface area contributed by atoms with Crippen molar-refractivity contribution in [2.24, 2.45) is 5.92 Å². The Morgan fingerprint density at radius 2 is 1.94 bits per heavy atom. The van der Waals surface area contributed by atoms with Gasteiger partial charge >= 0.3 is 5.97 Å². The molecule has 0 saturated heterocycles. The predicted octanol–water partition coefficient (Wildman–Crippen LogP) is 1.64. The standard InChI is InChI=1S/C12H21NO3/c1-16-12(15)9-11(14)13-8-7-10-5-3-2-4-6-10/h10H,2-9H2,1H3,(H,13,14). The number of amides is 1. The summed E-state index contributed by atoms with van der Waals surface area (Å²) in [4.78, 5) is 22.0. The number of rotatable bonds is 5. The van der Waals surface area contributed by atoms with E-state index in [0.29, 0.717) is 6.54 Å². The van der Waals surface area contributed by atoms with Crippen molar-refractivity contribution in [2.75, 3.05) is 13.7 Å². The van der Waals surface area contributed by atoms with Crippen LogP contribution >= 0.6 is 0 Å². The zero-order chi connectivity index (χ0) is 11.8. The topological polar surface area (TPSA) is 55.4 Å². The van der Waals surface area contributed by atoms with Gasteiger partial charge in [0.15, 0.2) is 0 Å². The molecule has 0 atom stereocenters. The molecule has 0 aromatic rings. The summed E-state index contributed by atoms with van der Waals surface area (Å²) in [6, 6.07) is 0. The highest BCUT2D eigenvalue weighted by Crippen LogP contribution is 2.25. The summed E-state index contributed by atoms with van der Waals surface area (Å²) < 4.78 is 4.42. The third kappa shape index (κ3) is 5.14. The van der Waals surface area contributed by atoms with Crippen molar-refractivity contribution in [2.45, 2.75) is 44.9 Å². The highest BCUT2D eigenvalue weighted by atomic mass is 16.5. The molecule has 1 N–H and O–H groups in total. The van der Waals surface area contributed by atoms with Crippen molar-refractivity contribution < 1.29 is 14.3 Å². The van der Waals surface area contributed by atoms with Gasteiger partial charge in [0.05, 0.1) is 7.11 Å². The molecule has 16 heavy (non-hydrogen) atoms. The highest BCUT2D eigenvalue weighted by molar-refractivity contribution is 5.94. The Hall–Kier alpha value is -1.06. The first-order valence-electron chi connectivity index (χ1n) is 6.06. The van der Waals surface area contributed by atoms with E-state index in [1.165, 1.54) is 39.2 Å². The van der Waals surface area contributed by atoms with Crippen LogP contribution in [0.25, 0.3) is 0 Å². The zero-order valence-corrected chi connectivity index (χ0v) is 9.96. The molecule has 4 heteroatoms. The summed E-state index contributed by atoms with van der Waals surface area (Å²) in [6.07, 6.45) is 7.43. The van der Waals surface area contributed by atoms with Crippen LogP contribution in [-0.2, 0) is 14.3 Å². The summed E-state index contributed by atoms with van der Waals surface area (Å²) in [7, 11) is 1.29. The molecule has 1 saturated carbocycles. The first-order valence-corrected chi connectivity index (χ1v) is 6.06. The fourth-order valence-electron chi connectivity index (χ4n) is 2.16. The lowest BCUT2D eigenvalue weighted by Crippen LogP contribution is -2.28. The molecule has 4 nitrogen and oxygen atoms in total. The molecule has 1 aliphatic carbocycles. The van der Waals surface area contributed by atoms with Gasteiger partial charge in [-0.15, -0.1) is 0 Å². The molecular weight excluding hydrogens is 206 g/mol. The van der Waals surface area contributed by atoms with E-state index in [1.54, 1.807) is 0 Å². The van der Waals surface area contributed by atoms with Crippen molar-refractivity contribution in [1.29, 1.82) is 0 Å². The Bertz CT molecular complexity index is 234. The van der Waals surface area contributed by atoms with E-state index in [0.717, 1.165) is 12.3 Å². The number of carbonyl (C=O) groups is 2. The molecular formula is C12H21NO3. The second-order valence-corrected chi connectivity index (χ2v) is 4.40. The smallest absolute Gasteiger partial charge is 0.315 e. The van der Waals surface area contributed by atoms with E-state index < -0.39 is 5.97 Å². The zero-order valence-electron chi connectivity index (χ0n) is 9.96. The summed E-state index contributed by atoms with van der Waals surface area (Å²) >= 11 is 0. The number of esters is 1. The first kappa shape index (κ1) is 13.0. The van der Waals surface area contributed by atoms with Crippen molar-refractivity contribution in [3.63, 3.8) is 0 Å². The Kier molecular flexibility index (Phi) is 5.90. The van der Waals surface area contributed by atoms with Gasteiger partial charge in [-0.1, -0.05) is 32.1 Å². The maximum atomic E-state index is 11.2. The quantitative estimate of drug-likeness (QED) is 0.573. The van der Waals surface area contributed by atoms with Crippen LogP contribution in [0.2, 0.25) is 0 Å². The Morgan fingerprint density at radius 1 is 1.25 bits per heavy atom. The predicted molar refractivity (Wildman–Crippen MR) is 60.8 cm³/mol. The SMILES string of the molecule is COC(=O)CC(=O)NCCC1CCCCC1. The minimum Gasteiger partial charge on any atom is -0.469 e. The minimum absolute atomic E-state index is 0.166. The van der Waals surface area contributed by atoms with Crippen LogP contribution in [0.4, 0.5) is 0 Å². The van der Waals surface area contributed by atoms with Crippen LogP contribution in [0.1, 0.15) is 44.9 Å². The maximum Gasteiger partial charge on any atom is 0.315 e. The summed E-state index contributed by atoms with van der Waals surface area (Å²) in [5.41, 5.74) is 0. The van der Waals surface area contributed by atoms with Gasteiger partial charge in [-0.25, -0.2) is 0 Å².